The third kappa shape index (κ3) is 4.17. The molecule has 2 rings (SSSR count). The zero-order valence-corrected chi connectivity index (χ0v) is 11.7. The maximum absolute atomic E-state index is 11.8. The van der Waals surface area contributed by atoms with Crippen LogP contribution in [0.2, 0.25) is 0 Å². The second-order valence-electron chi connectivity index (χ2n) is 5.06. The van der Waals surface area contributed by atoms with E-state index in [1.807, 2.05) is 18.2 Å². The van der Waals surface area contributed by atoms with E-state index in [1.54, 1.807) is 0 Å². The molecule has 1 aliphatic heterocycles. The Morgan fingerprint density at radius 3 is 2.75 bits per heavy atom. The average Bonchev–Trinajstić information content (AvgIpc) is 2.84. The van der Waals surface area contributed by atoms with Crippen LogP contribution in [0.25, 0.3) is 0 Å². The van der Waals surface area contributed by atoms with Crippen LogP contribution < -0.4 is 0 Å². The van der Waals surface area contributed by atoms with Crippen LogP contribution in [-0.4, -0.2) is 31.1 Å². The summed E-state index contributed by atoms with van der Waals surface area (Å²) in [7, 11) is 1.35. The first-order chi connectivity index (χ1) is 9.69. The molecule has 0 unspecified atom stereocenters. The molecular weight excluding hydrogens is 256 g/mol. The van der Waals surface area contributed by atoms with Gasteiger partial charge in [-0.15, -0.1) is 0 Å². The van der Waals surface area contributed by atoms with Crippen LogP contribution in [0.3, 0.4) is 0 Å². The van der Waals surface area contributed by atoms with Gasteiger partial charge in [0.15, 0.2) is 5.78 Å². The largest absolute Gasteiger partial charge is 0.469 e. The zero-order valence-electron chi connectivity index (χ0n) is 11.7. The Labute approximate surface area is 119 Å². The summed E-state index contributed by atoms with van der Waals surface area (Å²) in [6.07, 6.45) is 2.40. The van der Waals surface area contributed by atoms with E-state index in [9.17, 15) is 9.59 Å². The van der Waals surface area contributed by atoms with Crippen LogP contribution >= 0.6 is 0 Å². The topological polar surface area (TPSA) is 52.6 Å². The van der Waals surface area contributed by atoms with Crippen molar-refractivity contribution in [3.8, 4) is 0 Å². The minimum absolute atomic E-state index is 0.0228. The van der Waals surface area contributed by atoms with E-state index in [1.165, 1.54) is 12.7 Å². The second-order valence-corrected chi connectivity index (χ2v) is 5.06. The highest BCUT2D eigenvalue weighted by molar-refractivity contribution is 5.85. The first kappa shape index (κ1) is 14.7. The molecule has 0 radical (unpaired) electrons. The van der Waals surface area contributed by atoms with Crippen molar-refractivity contribution in [2.24, 2.45) is 0 Å². The SMILES string of the molecule is COC(=O)CC[C@H]1O[C@H](CCc2ccccc2)CC1=O. The standard InChI is InChI=1S/C16H20O4/c1-19-16(18)10-9-15-14(17)11-13(20-15)8-7-12-5-3-2-4-6-12/h2-6,13,15H,7-11H2,1H3/t13-,15-/m1/s1. The van der Waals surface area contributed by atoms with Crippen molar-refractivity contribution in [2.75, 3.05) is 7.11 Å². The molecule has 0 spiro atoms. The van der Waals surface area contributed by atoms with Gasteiger partial charge in [0.25, 0.3) is 0 Å². The second kappa shape index (κ2) is 7.20. The number of carbonyl (C=O) groups is 2. The maximum Gasteiger partial charge on any atom is 0.305 e. The van der Waals surface area contributed by atoms with Gasteiger partial charge >= 0.3 is 5.97 Å². The van der Waals surface area contributed by atoms with Crippen LogP contribution in [0, 0.1) is 0 Å². The molecule has 0 aromatic heterocycles. The average molecular weight is 276 g/mol. The van der Waals surface area contributed by atoms with E-state index in [4.69, 9.17) is 4.74 Å². The summed E-state index contributed by atoms with van der Waals surface area (Å²) in [6, 6.07) is 10.2. The maximum atomic E-state index is 11.8. The lowest BCUT2D eigenvalue weighted by Crippen LogP contribution is -2.18. The molecule has 108 valence electrons. The molecule has 20 heavy (non-hydrogen) atoms. The number of ether oxygens (including phenoxy) is 2. The van der Waals surface area contributed by atoms with Gasteiger partial charge in [-0.25, -0.2) is 0 Å². The summed E-state index contributed by atoms with van der Waals surface area (Å²) in [4.78, 5) is 22.9. The van der Waals surface area contributed by atoms with Crippen LogP contribution in [0.15, 0.2) is 30.3 Å². The fourth-order valence-electron chi connectivity index (χ4n) is 2.43. The van der Waals surface area contributed by atoms with Gasteiger partial charge in [-0.05, 0) is 24.8 Å². The summed E-state index contributed by atoms with van der Waals surface area (Å²) in [6.45, 7) is 0. The number of hydrogen-bond acceptors (Lipinski definition) is 4. The Kier molecular flexibility index (Phi) is 5.30. The van der Waals surface area contributed by atoms with Crippen molar-refractivity contribution in [3.63, 3.8) is 0 Å². The van der Waals surface area contributed by atoms with Crippen molar-refractivity contribution in [2.45, 2.75) is 44.3 Å². The van der Waals surface area contributed by atoms with E-state index in [0.29, 0.717) is 12.8 Å². The molecule has 1 saturated heterocycles. The summed E-state index contributed by atoms with van der Waals surface area (Å²) in [5.41, 5.74) is 1.25. The Morgan fingerprint density at radius 2 is 2.05 bits per heavy atom. The summed E-state index contributed by atoms with van der Waals surface area (Å²) in [5.74, 6) is -0.193. The van der Waals surface area contributed by atoms with Gasteiger partial charge in [-0.3, -0.25) is 9.59 Å². The number of carbonyl (C=O) groups excluding carboxylic acids is 2. The summed E-state index contributed by atoms with van der Waals surface area (Å²) in [5, 5.41) is 0. The molecular formula is C16H20O4. The molecule has 0 N–H and O–H groups in total. The molecule has 0 aliphatic carbocycles. The van der Waals surface area contributed by atoms with Gasteiger partial charge in [0.2, 0.25) is 0 Å². The third-order valence-corrected chi connectivity index (χ3v) is 3.58. The number of methoxy groups -OCH3 is 1. The van der Waals surface area contributed by atoms with Gasteiger partial charge in [-0.2, -0.15) is 0 Å². The zero-order chi connectivity index (χ0) is 14.4. The molecule has 1 aliphatic rings. The molecule has 1 aromatic carbocycles. The van der Waals surface area contributed by atoms with E-state index in [2.05, 4.69) is 16.9 Å². The number of Topliss-reactive ketones (excluding diaryl/α,β-unsaturated/α-hetero) is 1. The number of ketones is 1. The molecule has 0 saturated carbocycles. The first-order valence-electron chi connectivity index (χ1n) is 6.98. The lowest BCUT2D eigenvalue weighted by atomic mass is 10.0. The van der Waals surface area contributed by atoms with Gasteiger partial charge < -0.3 is 9.47 Å². The minimum Gasteiger partial charge on any atom is -0.469 e. The van der Waals surface area contributed by atoms with Crippen molar-refractivity contribution >= 4 is 11.8 Å². The molecule has 4 nitrogen and oxygen atoms in total. The van der Waals surface area contributed by atoms with Gasteiger partial charge in [0.1, 0.15) is 6.10 Å². The lowest BCUT2D eigenvalue weighted by molar-refractivity contribution is -0.141. The van der Waals surface area contributed by atoms with Crippen molar-refractivity contribution in [1.29, 1.82) is 0 Å². The molecule has 1 fully saturated rings. The van der Waals surface area contributed by atoms with E-state index in [0.717, 1.165) is 12.8 Å². The minimum atomic E-state index is -0.435. The van der Waals surface area contributed by atoms with E-state index in [-0.39, 0.29) is 24.3 Å². The smallest absolute Gasteiger partial charge is 0.305 e. The fourth-order valence-corrected chi connectivity index (χ4v) is 2.43. The Morgan fingerprint density at radius 1 is 1.30 bits per heavy atom. The van der Waals surface area contributed by atoms with Crippen molar-refractivity contribution in [1.82, 2.24) is 0 Å². The summed E-state index contributed by atoms with van der Waals surface area (Å²) >= 11 is 0. The molecule has 2 atom stereocenters. The van der Waals surface area contributed by atoms with Crippen LogP contribution in [0.1, 0.15) is 31.2 Å². The molecule has 0 bridgehead atoms. The number of aryl methyl sites for hydroxylation is 1. The van der Waals surface area contributed by atoms with E-state index < -0.39 is 6.10 Å². The summed E-state index contributed by atoms with van der Waals surface area (Å²) < 4.78 is 10.3. The monoisotopic (exact) mass is 276 g/mol. The highest BCUT2D eigenvalue weighted by Gasteiger charge is 2.33. The molecule has 1 aromatic rings. The van der Waals surface area contributed by atoms with Crippen molar-refractivity contribution < 1.29 is 19.1 Å². The predicted octanol–water partition coefficient (Wildman–Crippen LogP) is 2.30. The quantitative estimate of drug-likeness (QED) is 0.748. The number of benzene rings is 1. The molecule has 1 heterocycles. The molecule has 0 amide bonds. The normalized spacial score (nSPS) is 21.9. The Hall–Kier alpha value is -1.68. The predicted molar refractivity (Wildman–Crippen MR) is 74.3 cm³/mol. The number of rotatable bonds is 6. The van der Waals surface area contributed by atoms with Crippen LogP contribution in [0.4, 0.5) is 0 Å². The highest BCUT2D eigenvalue weighted by Crippen LogP contribution is 2.23. The Bertz CT molecular complexity index is 455. The third-order valence-electron chi connectivity index (χ3n) is 3.58. The number of esters is 1. The highest BCUT2D eigenvalue weighted by atomic mass is 16.5. The Balaban J connectivity index is 1.76. The van der Waals surface area contributed by atoms with Gasteiger partial charge in [-0.1, -0.05) is 30.3 Å². The fraction of sp³-hybridized carbons (Fsp3) is 0.500. The number of hydrogen-bond donors (Lipinski definition) is 0. The van der Waals surface area contributed by atoms with Crippen LogP contribution in [0.5, 0.6) is 0 Å². The van der Waals surface area contributed by atoms with Gasteiger partial charge in [0.05, 0.1) is 13.2 Å². The van der Waals surface area contributed by atoms with Crippen molar-refractivity contribution in [3.05, 3.63) is 35.9 Å². The molecule has 4 heteroatoms. The van der Waals surface area contributed by atoms with Gasteiger partial charge in [0, 0.05) is 12.8 Å². The van der Waals surface area contributed by atoms with E-state index >= 15 is 0 Å². The van der Waals surface area contributed by atoms with Crippen LogP contribution in [-0.2, 0) is 25.5 Å². The lowest BCUT2D eigenvalue weighted by Gasteiger charge is -2.12. The first-order valence-corrected chi connectivity index (χ1v) is 6.98.